The number of nitrogens with zero attached hydrogens (tertiary/aromatic N) is 2. The Bertz CT molecular complexity index is 585. The molecule has 2 aromatic rings. The van der Waals surface area contributed by atoms with Crippen LogP contribution in [0.2, 0.25) is 0 Å². The summed E-state index contributed by atoms with van der Waals surface area (Å²) in [4.78, 5) is 0. The summed E-state index contributed by atoms with van der Waals surface area (Å²) in [6.07, 6.45) is 2.51. The van der Waals surface area contributed by atoms with Crippen LogP contribution in [0.4, 0.5) is 5.82 Å². The van der Waals surface area contributed by atoms with Gasteiger partial charge in [-0.15, -0.1) is 0 Å². The predicted octanol–water partition coefficient (Wildman–Crippen LogP) is 2.88. The Morgan fingerprint density at radius 1 is 1.37 bits per heavy atom. The highest BCUT2D eigenvalue weighted by Crippen LogP contribution is 2.35. The summed E-state index contributed by atoms with van der Waals surface area (Å²) in [6.45, 7) is 3.15. The molecule has 0 bridgehead atoms. The van der Waals surface area contributed by atoms with Gasteiger partial charge >= 0.3 is 0 Å². The van der Waals surface area contributed by atoms with Gasteiger partial charge in [-0.1, -0.05) is 19.1 Å². The summed E-state index contributed by atoms with van der Waals surface area (Å²) in [5.41, 5.74) is 7.48. The Balaban J connectivity index is 1.83. The zero-order chi connectivity index (χ0) is 13.4. The van der Waals surface area contributed by atoms with Gasteiger partial charge in [0.25, 0.3) is 0 Å². The molecule has 0 saturated heterocycles. The van der Waals surface area contributed by atoms with Crippen LogP contribution in [-0.2, 0) is 6.54 Å². The molecule has 1 heterocycles. The number of hydrogen-bond acceptors (Lipinski definition) is 3. The lowest BCUT2D eigenvalue weighted by atomic mass is 9.76. The summed E-state index contributed by atoms with van der Waals surface area (Å²) in [7, 11) is 0. The lowest BCUT2D eigenvalue weighted by molar-refractivity contribution is 0.183. The van der Waals surface area contributed by atoms with Gasteiger partial charge in [-0.05, 0) is 36.8 Å². The number of anilines is 1. The van der Waals surface area contributed by atoms with E-state index in [0.29, 0.717) is 11.7 Å². The molecular weight excluding hydrogens is 238 g/mol. The minimum Gasteiger partial charge on any atom is -0.507 e. The van der Waals surface area contributed by atoms with Crippen LogP contribution >= 0.6 is 0 Å². The van der Waals surface area contributed by atoms with Crippen LogP contribution < -0.4 is 5.73 Å². The van der Waals surface area contributed by atoms with E-state index in [9.17, 15) is 5.11 Å². The van der Waals surface area contributed by atoms with E-state index in [1.54, 1.807) is 12.1 Å². The molecule has 0 amide bonds. The highest BCUT2D eigenvalue weighted by atomic mass is 16.3. The third kappa shape index (κ3) is 2.30. The van der Waals surface area contributed by atoms with Gasteiger partial charge in [0.15, 0.2) is 0 Å². The van der Waals surface area contributed by atoms with E-state index < -0.39 is 0 Å². The maximum atomic E-state index is 9.85. The number of rotatable bonds is 3. The normalized spacial score (nSPS) is 22.2. The number of para-hydroxylation sites is 1. The molecule has 3 N–H and O–H groups in total. The predicted molar refractivity (Wildman–Crippen MR) is 75.6 cm³/mol. The van der Waals surface area contributed by atoms with Crippen LogP contribution in [0.5, 0.6) is 5.75 Å². The van der Waals surface area contributed by atoms with Gasteiger partial charge in [0, 0.05) is 18.2 Å². The molecular formula is C15H19N3O. The second-order valence-corrected chi connectivity index (χ2v) is 5.60. The van der Waals surface area contributed by atoms with Crippen LogP contribution in [-0.4, -0.2) is 14.9 Å². The number of aromatic nitrogens is 2. The summed E-state index contributed by atoms with van der Waals surface area (Å²) < 4.78 is 1.86. The van der Waals surface area contributed by atoms with Gasteiger partial charge < -0.3 is 10.8 Å². The van der Waals surface area contributed by atoms with Gasteiger partial charge in [-0.2, -0.15) is 5.10 Å². The molecule has 1 fully saturated rings. The highest BCUT2D eigenvalue weighted by molar-refractivity contribution is 5.68. The lowest BCUT2D eigenvalue weighted by Crippen LogP contribution is -2.26. The van der Waals surface area contributed by atoms with Crippen LogP contribution in [0.1, 0.15) is 19.8 Å². The van der Waals surface area contributed by atoms with Crippen molar-refractivity contribution in [1.29, 1.82) is 0 Å². The van der Waals surface area contributed by atoms with Crippen molar-refractivity contribution in [2.24, 2.45) is 11.8 Å². The fourth-order valence-corrected chi connectivity index (χ4v) is 2.86. The quantitative estimate of drug-likeness (QED) is 0.888. The average molecular weight is 257 g/mol. The summed E-state index contributed by atoms with van der Waals surface area (Å²) in [6, 6.07) is 9.04. The number of hydrogen-bond donors (Lipinski definition) is 2. The molecule has 0 unspecified atom stereocenters. The maximum absolute atomic E-state index is 9.85. The van der Waals surface area contributed by atoms with Crippen molar-refractivity contribution < 1.29 is 5.11 Å². The van der Waals surface area contributed by atoms with E-state index >= 15 is 0 Å². The first kappa shape index (κ1) is 12.1. The third-order valence-electron chi connectivity index (χ3n) is 3.89. The van der Waals surface area contributed by atoms with Gasteiger partial charge in [-0.3, -0.25) is 0 Å². The number of phenols is 1. The summed E-state index contributed by atoms with van der Waals surface area (Å²) in [5.74, 6) is 2.43. The Labute approximate surface area is 112 Å². The molecule has 1 aliphatic carbocycles. The van der Waals surface area contributed by atoms with Crippen LogP contribution in [0, 0.1) is 11.8 Å². The molecule has 100 valence electrons. The minimum atomic E-state index is 0.240. The van der Waals surface area contributed by atoms with Crippen molar-refractivity contribution in [1.82, 2.24) is 9.78 Å². The van der Waals surface area contributed by atoms with Crippen molar-refractivity contribution in [3.05, 3.63) is 30.3 Å². The number of nitrogens with two attached hydrogens (primary N) is 1. The van der Waals surface area contributed by atoms with Crippen LogP contribution in [0.3, 0.4) is 0 Å². The average Bonchev–Trinajstić information content (AvgIpc) is 2.69. The fourth-order valence-electron chi connectivity index (χ4n) is 2.86. The lowest BCUT2D eigenvalue weighted by Gasteiger charge is -2.32. The molecule has 4 nitrogen and oxygen atoms in total. The Hall–Kier alpha value is -1.97. The van der Waals surface area contributed by atoms with E-state index in [4.69, 9.17) is 5.73 Å². The molecule has 0 aliphatic heterocycles. The van der Waals surface area contributed by atoms with E-state index in [-0.39, 0.29) is 5.75 Å². The van der Waals surface area contributed by atoms with Gasteiger partial charge in [-0.25, -0.2) is 4.68 Å². The van der Waals surface area contributed by atoms with E-state index in [1.165, 1.54) is 12.8 Å². The first-order valence-electron chi connectivity index (χ1n) is 6.75. The monoisotopic (exact) mass is 257 g/mol. The number of phenolic OH excluding ortho intramolecular Hbond substituents is 1. The molecule has 0 spiro atoms. The maximum Gasteiger partial charge on any atom is 0.125 e. The molecule has 1 aromatic heterocycles. The van der Waals surface area contributed by atoms with E-state index in [2.05, 4.69) is 12.0 Å². The highest BCUT2D eigenvalue weighted by Gasteiger charge is 2.26. The largest absolute Gasteiger partial charge is 0.507 e. The van der Waals surface area contributed by atoms with Gasteiger partial charge in [0.1, 0.15) is 11.6 Å². The first-order valence-corrected chi connectivity index (χ1v) is 6.75. The second kappa shape index (κ2) is 4.61. The van der Waals surface area contributed by atoms with Crippen molar-refractivity contribution in [3.8, 4) is 17.0 Å². The third-order valence-corrected chi connectivity index (χ3v) is 3.89. The molecule has 1 aliphatic rings. The second-order valence-electron chi connectivity index (χ2n) is 5.60. The Morgan fingerprint density at radius 2 is 2.11 bits per heavy atom. The summed E-state index contributed by atoms with van der Waals surface area (Å²) >= 11 is 0. The van der Waals surface area contributed by atoms with Crippen molar-refractivity contribution in [3.63, 3.8) is 0 Å². The fraction of sp³-hybridized carbons (Fsp3) is 0.400. The molecule has 19 heavy (non-hydrogen) atoms. The zero-order valence-corrected chi connectivity index (χ0v) is 11.1. The smallest absolute Gasteiger partial charge is 0.125 e. The topological polar surface area (TPSA) is 64.1 Å². The Kier molecular flexibility index (Phi) is 2.93. The van der Waals surface area contributed by atoms with Crippen molar-refractivity contribution in [2.75, 3.05) is 5.73 Å². The van der Waals surface area contributed by atoms with Gasteiger partial charge in [0.2, 0.25) is 0 Å². The summed E-state index contributed by atoms with van der Waals surface area (Å²) in [5, 5.41) is 14.4. The molecule has 1 aromatic carbocycles. The molecule has 1 saturated carbocycles. The van der Waals surface area contributed by atoms with E-state index in [1.807, 2.05) is 22.9 Å². The minimum absolute atomic E-state index is 0.240. The standard InChI is InChI=1S/C15H19N3O/c1-10-6-11(7-10)9-18-15(16)8-13(17-18)12-4-2-3-5-14(12)19/h2-5,8,10-11,19H,6-7,9,16H2,1H3. The number of aromatic hydroxyl groups is 1. The molecule has 0 radical (unpaired) electrons. The molecule has 3 rings (SSSR count). The van der Waals surface area contributed by atoms with Crippen LogP contribution in [0.15, 0.2) is 30.3 Å². The van der Waals surface area contributed by atoms with Crippen molar-refractivity contribution >= 4 is 5.82 Å². The Morgan fingerprint density at radius 3 is 2.79 bits per heavy atom. The zero-order valence-electron chi connectivity index (χ0n) is 11.1. The SMILES string of the molecule is CC1CC(Cn2nc(-c3ccccc3O)cc2N)C1. The molecule has 0 atom stereocenters. The number of benzene rings is 1. The first-order chi connectivity index (χ1) is 9.13. The van der Waals surface area contributed by atoms with E-state index in [0.717, 1.165) is 23.7 Å². The van der Waals surface area contributed by atoms with Crippen LogP contribution in [0.25, 0.3) is 11.3 Å². The number of nitrogen functional groups attached to an aromatic ring is 1. The van der Waals surface area contributed by atoms with Gasteiger partial charge in [0.05, 0.1) is 5.69 Å². The molecule has 4 heteroatoms. The van der Waals surface area contributed by atoms with Crippen molar-refractivity contribution in [2.45, 2.75) is 26.3 Å².